The van der Waals surface area contributed by atoms with Crippen LogP contribution in [-0.4, -0.2) is 95.4 Å². The van der Waals surface area contributed by atoms with Gasteiger partial charge in [-0.05, 0) is 63.4 Å². The van der Waals surface area contributed by atoms with Crippen molar-refractivity contribution in [2.75, 3.05) is 48.1 Å². The number of nitrogens with one attached hydrogen (secondary N) is 1. The van der Waals surface area contributed by atoms with E-state index in [0.29, 0.717) is 72.1 Å². The highest BCUT2D eigenvalue weighted by Gasteiger charge is 2.49. The van der Waals surface area contributed by atoms with E-state index in [2.05, 4.69) is 19.9 Å². The first kappa shape index (κ1) is 41.0. The van der Waals surface area contributed by atoms with Crippen LogP contribution in [0.3, 0.4) is 0 Å². The van der Waals surface area contributed by atoms with Gasteiger partial charge in [0.2, 0.25) is 5.88 Å². The van der Waals surface area contributed by atoms with Gasteiger partial charge in [0, 0.05) is 66.4 Å². The summed E-state index contributed by atoms with van der Waals surface area (Å²) in [5, 5.41) is 0.0721. The Morgan fingerprint density at radius 2 is 1.63 bits per heavy atom. The monoisotopic (exact) mass is 826 g/mol. The predicted molar refractivity (Wildman–Crippen MR) is 218 cm³/mol. The fraction of sp³-hybridized carbons (Fsp3) is 0.372. The van der Waals surface area contributed by atoms with E-state index >= 15 is 0 Å². The fourth-order valence-electron chi connectivity index (χ4n) is 7.47. The van der Waals surface area contributed by atoms with Gasteiger partial charge < -0.3 is 47.9 Å². The van der Waals surface area contributed by atoms with Crippen molar-refractivity contribution in [2.24, 2.45) is 0 Å². The number of carbonyl (C=O) groups excluding carboxylic acids is 2. The molecule has 2 aromatic carbocycles. The van der Waals surface area contributed by atoms with Crippen LogP contribution in [0.1, 0.15) is 60.8 Å². The van der Waals surface area contributed by atoms with Crippen LogP contribution in [0, 0.1) is 0 Å². The number of fused-ring (bicyclic) bond motifs is 2. The first-order valence-electron chi connectivity index (χ1n) is 19.0. The van der Waals surface area contributed by atoms with Crippen molar-refractivity contribution >= 4 is 23.6 Å². The Morgan fingerprint density at radius 3 is 2.29 bits per heavy atom. The molecular weight excluding hydrogens is 780 g/mol. The molecule has 2 aliphatic heterocycles. The van der Waals surface area contributed by atoms with E-state index < -0.39 is 17.1 Å². The number of benzene rings is 2. The molecule has 0 radical (unpaired) electrons. The zero-order chi connectivity index (χ0) is 41.9. The van der Waals surface area contributed by atoms with Gasteiger partial charge in [0.05, 0.1) is 52.3 Å². The summed E-state index contributed by atoms with van der Waals surface area (Å²) < 4.78 is 39.8. The Hall–Kier alpha value is -6.22. The van der Waals surface area contributed by atoms with Gasteiger partial charge in [-0.15, -0.1) is 0 Å². The number of nitrogens with zero attached hydrogens (tertiary/aromatic N) is 5. The third kappa shape index (κ3) is 8.94. The summed E-state index contributed by atoms with van der Waals surface area (Å²) in [5.74, 6) is 2.65. The van der Waals surface area contributed by atoms with E-state index in [9.17, 15) is 9.59 Å². The van der Waals surface area contributed by atoms with Crippen LogP contribution in [0.25, 0.3) is 11.3 Å². The lowest BCUT2D eigenvalue weighted by Crippen LogP contribution is -2.58. The second-order valence-corrected chi connectivity index (χ2v) is 15.7. The number of aromatic nitrogens is 4. The number of methoxy groups -OCH3 is 4. The number of amides is 2. The van der Waals surface area contributed by atoms with Crippen LogP contribution < -0.4 is 28.4 Å². The number of halogens is 1. The largest absolute Gasteiger partial charge is 0.497 e. The number of rotatable bonds is 12. The molecule has 0 aliphatic carbocycles. The Morgan fingerprint density at radius 1 is 0.898 bits per heavy atom. The molecule has 1 atom stereocenters. The lowest BCUT2D eigenvalue weighted by molar-refractivity contribution is 0.00818. The smallest absolute Gasteiger partial charge is 0.410 e. The number of aromatic amines is 1. The molecular formula is C43H47ClN6O9. The average molecular weight is 827 g/mol. The number of ether oxygens (including phenoxy) is 7. The number of carbonyl (C=O) groups is 2. The normalized spacial score (nSPS) is 16.4. The summed E-state index contributed by atoms with van der Waals surface area (Å²) in [6, 6.07) is 16.3. The maximum atomic E-state index is 14.6. The number of hydrogen-bond donors (Lipinski definition) is 1. The number of hydrogen-bond acceptors (Lipinski definition) is 12. The summed E-state index contributed by atoms with van der Waals surface area (Å²) in [7, 11) is 6.31. The number of H-pyrrole nitrogens is 1. The third-order valence-corrected chi connectivity index (χ3v) is 10.5. The van der Waals surface area contributed by atoms with E-state index in [1.165, 1.54) is 6.20 Å². The standard InChI is InChI=1S/C43H47ClN6O9/c1-42(2,3)59-41(52)49-16-8-14-43(24-49)25-50(22-31-33(55-6)18-29(54-5)19-34(31)56-7)39(51)30-20-32(47-37(30)43)27-13-15-45-36(17-27)58-40-46-21-35(38(44)48-40)57-23-26-9-11-28(53-4)12-10-26/h9-13,15,17-21,47H,8,14,16,22-25H2,1-7H3. The molecule has 3 aromatic heterocycles. The highest BCUT2D eigenvalue weighted by atomic mass is 35.5. The van der Waals surface area contributed by atoms with Gasteiger partial charge in [-0.2, -0.15) is 9.97 Å². The molecule has 5 heterocycles. The molecule has 7 rings (SSSR count). The van der Waals surface area contributed by atoms with Crippen LogP contribution in [-0.2, 0) is 23.3 Å². The van der Waals surface area contributed by atoms with Crippen LogP contribution >= 0.6 is 11.6 Å². The van der Waals surface area contributed by atoms with Crippen LogP contribution in [0.5, 0.6) is 40.6 Å². The zero-order valence-electron chi connectivity index (χ0n) is 34.1. The van der Waals surface area contributed by atoms with Crippen molar-refractivity contribution < 1.29 is 42.7 Å². The Kier molecular flexibility index (Phi) is 11.8. The van der Waals surface area contributed by atoms with E-state index in [4.69, 9.17) is 44.8 Å². The summed E-state index contributed by atoms with van der Waals surface area (Å²) in [4.78, 5) is 48.1. The van der Waals surface area contributed by atoms with Crippen molar-refractivity contribution in [3.05, 3.63) is 94.5 Å². The molecule has 1 unspecified atom stereocenters. The van der Waals surface area contributed by atoms with Crippen molar-refractivity contribution in [2.45, 2.75) is 57.8 Å². The molecule has 2 amide bonds. The highest BCUT2D eigenvalue weighted by molar-refractivity contribution is 6.30. The molecule has 1 saturated heterocycles. The van der Waals surface area contributed by atoms with E-state index in [1.54, 1.807) is 62.6 Å². The second kappa shape index (κ2) is 16.9. The summed E-state index contributed by atoms with van der Waals surface area (Å²) in [6.45, 7) is 7.15. The van der Waals surface area contributed by atoms with Gasteiger partial charge in [-0.1, -0.05) is 23.7 Å². The van der Waals surface area contributed by atoms with E-state index in [0.717, 1.165) is 17.0 Å². The van der Waals surface area contributed by atoms with Gasteiger partial charge in [-0.3, -0.25) is 4.79 Å². The molecule has 0 bridgehead atoms. The minimum atomic E-state index is -0.673. The first-order valence-corrected chi connectivity index (χ1v) is 19.4. The highest BCUT2D eigenvalue weighted by Crippen LogP contribution is 2.44. The average Bonchev–Trinajstić information content (AvgIpc) is 3.70. The van der Waals surface area contributed by atoms with Crippen molar-refractivity contribution in [1.82, 2.24) is 29.7 Å². The third-order valence-electron chi connectivity index (χ3n) is 10.2. The fourth-order valence-corrected chi connectivity index (χ4v) is 7.65. The van der Waals surface area contributed by atoms with Gasteiger partial charge in [0.1, 0.15) is 35.2 Å². The van der Waals surface area contributed by atoms with Gasteiger partial charge in [-0.25, -0.2) is 9.78 Å². The summed E-state index contributed by atoms with van der Waals surface area (Å²) in [5.41, 5.74) is 2.86. The van der Waals surface area contributed by atoms with Crippen molar-refractivity contribution in [3.8, 4) is 51.9 Å². The van der Waals surface area contributed by atoms with Crippen LogP contribution in [0.15, 0.2) is 67.0 Å². The molecule has 2 aliphatic rings. The van der Waals surface area contributed by atoms with Gasteiger partial charge in [0.25, 0.3) is 5.91 Å². The lowest BCUT2D eigenvalue weighted by atomic mass is 9.73. The molecule has 1 fully saturated rings. The minimum absolute atomic E-state index is 0.0270. The molecule has 15 nitrogen and oxygen atoms in total. The molecule has 16 heteroatoms. The molecule has 1 N–H and O–H groups in total. The summed E-state index contributed by atoms with van der Waals surface area (Å²) in [6.07, 6.45) is 4.04. The molecule has 1 spiro atoms. The van der Waals surface area contributed by atoms with Crippen molar-refractivity contribution in [1.29, 1.82) is 0 Å². The van der Waals surface area contributed by atoms with E-state index in [1.807, 2.05) is 57.2 Å². The molecule has 310 valence electrons. The quantitative estimate of drug-likeness (QED) is 0.122. The number of piperidine rings is 1. The predicted octanol–water partition coefficient (Wildman–Crippen LogP) is 7.85. The number of pyridine rings is 1. The van der Waals surface area contributed by atoms with Gasteiger partial charge in [0.15, 0.2) is 10.9 Å². The summed E-state index contributed by atoms with van der Waals surface area (Å²) >= 11 is 6.46. The maximum absolute atomic E-state index is 14.6. The maximum Gasteiger partial charge on any atom is 0.410 e. The molecule has 59 heavy (non-hydrogen) atoms. The topological polar surface area (TPSA) is 160 Å². The first-order chi connectivity index (χ1) is 28.3. The molecule has 5 aromatic rings. The lowest BCUT2D eigenvalue weighted by Gasteiger charge is -2.47. The van der Waals surface area contributed by atoms with Crippen LogP contribution in [0.4, 0.5) is 4.79 Å². The van der Waals surface area contributed by atoms with Crippen molar-refractivity contribution in [3.63, 3.8) is 0 Å². The van der Waals surface area contributed by atoms with Gasteiger partial charge >= 0.3 is 12.1 Å². The van der Waals surface area contributed by atoms with E-state index in [-0.39, 0.29) is 41.9 Å². The Labute approximate surface area is 347 Å². The Balaban J connectivity index is 1.18. The Bertz CT molecular complexity index is 2300. The van der Waals surface area contributed by atoms with Crippen LogP contribution in [0.2, 0.25) is 5.15 Å². The SMILES string of the molecule is COc1ccc(COc2cnc(Oc3cc(-c4cc5c([nH]4)C4(CCCN(C(=O)OC(C)(C)C)C4)CN(Cc4c(OC)cc(OC)cc4OC)C5=O)ccn3)nc2Cl)cc1. The molecule has 0 saturated carbocycles. The zero-order valence-corrected chi connectivity index (χ0v) is 34.8. The second-order valence-electron chi connectivity index (χ2n) is 15.4. The minimum Gasteiger partial charge on any atom is -0.497 e. The number of likely N-dealkylation sites (tertiary alicyclic amines) is 1.